The van der Waals surface area contributed by atoms with Crippen molar-refractivity contribution in [2.45, 2.75) is 12.6 Å². The number of alkyl halides is 3. The first-order valence-electron chi connectivity index (χ1n) is 8.32. The monoisotopic (exact) mass is 359 g/mol. The molecule has 1 aliphatic rings. The van der Waals surface area contributed by atoms with Crippen LogP contribution in [-0.2, 0) is 11.0 Å². The van der Waals surface area contributed by atoms with Crippen LogP contribution in [0.25, 0.3) is 0 Å². The van der Waals surface area contributed by atoms with E-state index in [9.17, 15) is 18.0 Å². The molecule has 0 saturated carbocycles. The van der Waals surface area contributed by atoms with Gasteiger partial charge in [-0.2, -0.15) is 13.2 Å². The highest BCUT2D eigenvalue weighted by Crippen LogP contribution is 2.31. The Bertz CT molecular complexity index is 558. The lowest BCUT2D eigenvalue weighted by Gasteiger charge is -2.32. The molecular formula is C17H24F3N3O2. The quantitative estimate of drug-likeness (QED) is 0.755. The molecule has 1 heterocycles. The van der Waals surface area contributed by atoms with Crippen LogP contribution in [0, 0.1) is 0 Å². The molecule has 25 heavy (non-hydrogen) atoms. The van der Waals surface area contributed by atoms with Crippen LogP contribution in [0.15, 0.2) is 24.3 Å². The SMILES string of the molecule is CN1CCN(CCCNC(=O)COc2cccc(C(F)(F)F)c2)CC1. The van der Waals surface area contributed by atoms with Gasteiger partial charge in [0.05, 0.1) is 5.56 Å². The zero-order valence-electron chi connectivity index (χ0n) is 14.3. The second-order valence-electron chi connectivity index (χ2n) is 6.16. The predicted molar refractivity (Wildman–Crippen MR) is 88.5 cm³/mol. The Morgan fingerprint density at radius 3 is 2.64 bits per heavy atom. The highest BCUT2D eigenvalue weighted by molar-refractivity contribution is 5.77. The second kappa shape index (κ2) is 9.05. The van der Waals surface area contributed by atoms with Gasteiger partial charge < -0.3 is 19.9 Å². The van der Waals surface area contributed by atoms with Gasteiger partial charge in [-0.1, -0.05) is 6.07 Å². The molecule has 1 saturated heterocycles. The number of carbonyl (C=O) groups excluding carboxylic acids is 1. The molecule has 5 nitrogen and oxygen atoms in total. The Labute approximate surface area is 145 Å². The van der Waals surface area contributed by atoms with Gasteiger partial charge in [-0.25, -0.2) is 0 Å². The van der Waals surface area contributed by atoms with Gasteiger partial charge in [0.1, 0.15) is 5.75 Å². The van der Waals surface area contributed by atoms with Crippen LogP contribution >= 0.6 is 0 Å². The molecule has 1 fully saturated rings. The van der Waals surface area contributed by atoms with E-state index in [2.05, 4.69) is 22.2 Å². The van der Waals surface area contributed by atoms with Crippen molar-refractivity contribution >= 4 is 5.91 Å². The third-order valence-corrected chi connectivity index (χ3v) is 4.10. The molecule has 0 bridgehead atoms. The molecular weight excluding hydrogens is 335 g/mol. The summed E-state index contributed by atoms with van der Waals surface area (Å²) in [6, 6.07) is 4.51. The van der Waals surface area contributed by atoms with E-state index in [0.717, 1.165) is 51.3 Å². The highest BCUT2D eigenvalue weighted by Gasteiger charge is 2.30. The summed E-state index contributed by atoms with van der Waals surface area (Å²) in [4.78, 5) is 16.3. The van der Waals surface area contributed by atoms with Crippen LogP contribution in [0.2, 0.25) is 0 Å². The Kier molecular flexibility index (Phi) is 7.07. The molecule has 0 spiro atoms. The number of rotatable bonds is 7. The van der Waals surface area contributed by atoms with Gasteiger partial charge in [-0.15, -0.1) is 0 Å². The Morgan fingerprint density at radius 2 is 1.96 bits per heavy atom. The average Bonchev–Trinajstić information content (AvgIpc) is 2.58. The van der Waals surface area contributed by atoms with Crippen molar-refractivity contribution in [2.75, 3.05) is 52.9 Å². The second-order valence-corrected chi connectivity index (χ2v) is 6.16. The molecule has 0 unspecified atom stereocenters. The third-order valence-electron chi connectivity index (χ3n) is 4.10. The molecule has 1 aromatic carbocycles. The summed E-state index contributed by atoms with van der Waals surface area (Å²) in [5.74, 6) is -0.307. The summed E-state index contributed by atoms with van der Waals surface area (Å²) in [6.45, 7) is 5.32. The molecule has 1 aliphatic heterocycles. The number of ether oxygens (including phenoxy) is 1. The van der Waals surface area contributed by atoms with E-state index in [1.165, 1.54) is 12.1 Å². The van der Waals surface area contributed by atoms with Crippen molar-refractivity contribution in [1.29, 1.82) is 0 Å². The summed E-state index contributed by atoms with van der Waals surface area (Å²) >= 11 is 0. The largest absolute Gasteiger partial charge is 0.484 e. The maximum absolute atomic E-state index is 12.6. The summed E-state index contributed by atoms with van der Waals surface area (Å²) in [5, 5.41) is 2.72. The van der Waals surface area contributed by atoms with E-state index in [1.54, 1.807) is 0 Å². The lowest BCUT2D eigenvalue weighted by Crippen LogP contribution is -2.45. The van der Waals surface area contributed by atoms with Crippen LogP contribution in [-0.4, -0.2) is 68.6 Å². The van der Waals surface area contributed by atoms with Crippen molar-refractivity contribution in [2.24, 2.45) is 0 Å². The van der Waals surface area contributed by atoms with Crippen molar-refractivity contribution in [3.63, 3.8) is 0 Å². The van der Waals surface area contributed by atoms with E-state index < -0.39 is 11.7 Å². The molecule has 0 atom stereocenters. The number of hydrogen-bond acceptors (Lipinski definition) is 4. The number of hydrogen-bond donors (Lipinski definition) is 1. The van der Waals surface area contributed by atoms with Crippen LogP contribution in [0.4, 0.5) is 13.2 Å². The standard InChI is InChI=1S/C17H24F3N3O2/c1-22-8-10-23(11-9-22)7-3-6-21-16(24)13-25-15-5-2-4-14(12-15)17(18,19)20/h2,4-5,12H,3,6-11,13H2,1H3,(H,21,24). The number of piperazine rings is 1. The van der Waals surface area contributed by atoms with Crippen LogP contribution in [0.1, 0.15) is 12.0 Å². The number of halogens is 3. The average molecular weight is 359 g/mol. The first kappa shape index (κ1) is 19.5. The van der Waals surface area contributed by atoms with E-state index >= 15 is 0 Å². The molecule has 0 aromatic heterocycles. The van der Waals surface area contributed by atoms with Crippen molar-refractivity contribution < 1.29 is 22.7 Å². The van der Waals surface area contributed by atoms with Crippen LogP contribution in [0.3, 0.4) is 0 Å². The first-order valence-corrected chi connectivity index (χ1v) is 8.32. The minimum Gasteiger partial charge on any atom is -0.484 e. The fraction of sp³-hybridized carbons (Fsp3) is 0.588. The predicted octanol–water partition coefficient (Wildman–Crippen LogP) is 1.84. The Balaban J connectivity index is 1.62. The summed E-state index contributed by atoms with van der Waals surface area (Å²) in [6.07, 6.45) is -3.59. The molecule has 1 aromatic rings. The normalized spacial score (nSPS) is 16.6. The summed E-state index contributed by atoms with van der Waals surface area (Å²) in [5.41, 5.74) is -0.794. The zero-order chi connectivity index (χ0) is 18.3. The number of carbonyl (C=O) groups is 1. The number of nitrogens with zero attached hydrogens (tertiary/aromatic N) is 2. The van der Waals surface area contributed by atoms with Crippen LogP contribution < -0.4 is 10.1 Å². The lowest BCUT2D eigenvalue weighted by atomic mass is 10.2. The zero-order valence-corrected chi connectivity index (χ0v) is 14.3. The Morgan fingerprint density at radius 1 is 1.24 bits per heavy atom. The molecule has 140 valence electrons. The number of likely N-dealkylation sites (N-methyl/N-ethyl adjacent to an activating group) is 1. The molecule has 8 heteroatoms. The van der Waals surface area contributed by atoms with Gasteiger partial charge in [0.15, 0.2) is 6.61 Å². The van der Waals surface area contributed by atoms with Crippen molar-refractivity contribution in [1.82, 2.24) is 15.1 Å². The maximum Gasteiger partial charge on any atom is 0.416 e. The van der Waals surface area contributed by atoms with E-state index in [4.69, 9.17) is 4.74 Å². The molecule has 2 rings (SSSR count). The smallest absolute Gasteiger partial charge is 0.416 e. The molecule has 1 amide bonds. The fourth-order valence-electron chi connectivity index (χ4n) is 2.56. The van der Waals surface area contributed by atoms with E-state index in [1.807, 2.05) is 0 Å². The Hall–Kier alpha value is -1.80. The van der Waals surface area contributed by atoms with Gasteiger partial charge >= 0.3 is 6.18 Å². The van der Waals surface area contributed by atoms with Gasteiger partial charge in [0.2, 0.25) is 0 Å². The number of nitrogens with one attached hydrogen (secondary N) is 1. The third kappa shape index (κ3) is 6.91. The van der Waals surface area contributed by atoms with Crippen molar-refractivity contribution in [3.05, 3.63) is 29.8 Å². The molecule has 0 radical (unpaired) electrons. The van der Waals surface area contributed by atoms with Crippen molar-refractivity contribution in [3.8, 4) is 5.75 Å². The van der Waals surface area contributed by atoms with Gasteiger partial charge in [0.25, 0.3) is 5.91 Å². The van der Waals surface area contributed by atoms with Crippen LogP contribution in [0.5, 0.6) is 5.75 Å². The van der Waals surface area contributed by atoms with E-state index in [-0.39, 0.29) is 18.3 Å². The minimum atomic E-state index is -4.43. The summed E-state index contributed by atoms with van der Waals surface area (Å²) in [7, 11) is 2.10. The van der Waals surface area contributed by atoms with Gasteiger partial charge in [0, 0.05) is 32.7 Å². The molecule has 0 aliphatic carbocycles. The highest BCUT2D eigenvalue weighted by atomic mass is 19.4. The number of amides is 1. The fourth-order valence-corrected chi connectivity index (χ4v) is 2.56. The first-order chi connectivity index (χ1) is 11.8. The molecule has 1 N–H and O–H groups in total. The van der Waals surface area contributed by atoms with Gasteiger partial charge in [-0.05, 0) is 38.2 Å². The topological polar surface area (TPSA) is 44.8 Å². The van der Waals surface area contributed by atoms with Gasteiger partial charge in [-0.3, -0.25) is 4.79 Å². The summed E-state index contributed by atoms with van der Waals surface area (Å²) < 4.78 is 43.0. The van der Waals surface area contributed by atoms with E-state index in [0.29, 0.717) is 6.54 Å². The minimum absolute atomic E-state index is 0.0300. The lowest BCUT2D eigenvalue weighted by molar-refractivity contribution is -0.137. The number of benzene rings is 1. The maximum atomic E-state index is 12.6.